The predicted octanol–water partition coefficient (Wildman–Crippen LogP) is 4.26. The summed E-state index contributed by atoms with van der Waals surface area (Å²) in [5, 5.41) is 5.40. The standard InChI is InChI=1S/C21H19ClF3N3O4/c1-11-8-12(2)17(15(22)9-11)26-16(29)10-28-18(30)20(3,27-19(28)31)13-4-6-14(7-5-13)32-21(23,24)25/h4-9H,10H2,1-3H3,(H,26,29)(H,27,31). The molecule has 1 unspecified atom stereocenters. The monoisotopic (exact) mass is 469 g/mol. The lowest BCUT2D eigenvalue weighted by Crippen LogP contribution is -2.42. The summed E-state index contributed by atoms with van der Waals surface area (Å²) >= 11 is 6.18. The van der Waals surface area contributed by atoms with Gasteiger partial charge < -0.3 is 15.4 Å². The zero-order valence-electron chi connectivity index (χ0n) is 17.3. The van der Waals surface area contributed by atoms with Crippen molar-refractivity contribution in [2.24, 2.45) is 0 Å². The molecule has 7 nitrogen and oxygen atoms in total. The Balaban J connectivity index is 1.75. The van der Waals surface area contributed by atoms with Crippen LogP contribution in [0.5, 0.6) is 5.75 Å². The Bertz CT molecular complexity index is 1070. The molecule has 0 bridgehead atoms. The van der Waals surface area contributed by atoms with E-state index >= 15 is 0 Å². The second-order valence-electron chi connectivity index (χ2n) is 7.51. The fourth-order valence-corrected chi connectivity index (χ4v) is 3.79. The molecule has 1 aliphatic rings. The molecule has 32 heavy (non-hydrogen) atoms. The van der Waals surface area contributed by atoms with Crippen LogP contribution in [0.1, 0.15) is 23.6 Å². The predicted molar refractivity (Wildman–Crippen MR) is 110 cm³/mol. The first-order valence-electron chi connectivity index (χ1n) is 9.37. The van der Waals surface area contributed by atoms with E-state index in [1.165, 1.54) is 19.1 Å². The lowest BCUT2D eigenvalue weighted by atomic mass is 9.92. The van der Waals surface area contributed by atoms with Crippen molar-refractivity contribution in [1.29, 1.82) is 0 Å². The van der Waals surface area contributed by atoms with Gasteiger partial charge in [-0.15, -0.1) is 13.2 Å². The lowest BCUT2D eigenvalue weighted by Gasteiger charge is -2.22. The molecule has 4 amide bonds. The summed E-state index contributed by atoms with van der Waals surface area (Å²) in [4.78, 5) is 38.6. The normalized spacial score (nSPS) is 18.5. The first kappa shape index (κ1) is 23.4. The molecule has 2 aromatic rings. The van der Waals surface area contributed by atoms with Crippen LogP contribution in [0, 0.1) is 13.8 Å². The number of urea groups is 1. The van der Waals surface area contributed by atoms with Gasteiger partial charge in [0.2, 0.25) is 5.91 Å². The first-order chi connectivity index (χ1) is 14.8. The van der Waals surface area contributed by atoms with Crippen molar-refractivity contribution in [3.05, 3.63) is 58.1 Å². The number of hydrogen-bond acceptors (Lipinski definition) is 4. The molecule has 2 N–H and O–H groups in total. The highest BCUT2D eigenvalue weighted by Crippen LogP contribution is 2.32. The Kier molecular flexibility index (Phi) is 6.10. The van der Waals surface area contributed by atoms with Crippen molar-refractivity contribution in [3.8, 4) is 5.75 Å². The van der Waals surface area contributed by atoms with Gasteiger partial charge in [-0.05, 0) is 55.7 Å². The van der Waals surface area contributed by atoms with Gasteiger partial charge in [-0.25, -0.2) is 4.79 Å². The number of halogens is 4. The quantitative estimate of drug-likeness (QED) is 0.640. The van der Waals surface area contributed by atoms with Crippen LogP contribution in [0.25, 0.3) is 0 Å². The van der Waals surface area contributed by atoms with Crippen LogP contribution in [-0.4, -0.2) is 35.7 Å². The molecule has 3 rings (SSSR count). The number of carbonyl (C=O) groups excluding carboxylic acids is 3. The molecule has 0 saturated carbocycles. The fourth-order valence-electron chi connectivity index (χ4n) is 3.42. The molecule has 11 heteroatoms. The average molecular weight is 470 g/mol. The van der Waals surface area contributed by atoms with E-state index in [0.717, 1.165) is 22.6 Å². The molecule has 0 spiro atoms. The lowest BCUT2D eigenvalue weighted by molar-refractivity contribution is -0.274. The van der Waals surface area contributed by atoms with Crippen molar-refractivity contribution < 1.29 is 32.3 Å². The number of ether oxygens (including phenoxy) is 1. The van der Waals surface area contributed by atoms with Crippen molar-refractivity contribution in [2.75, 3.05) is 11.9 Å². The Morgan fingerprint density at radius 3 is 2.38 bits per heavy atom. The molecule has 170 valence electrons. The van der Waals surface area contributed by atoms with Crippen molar-refractivity contribution >= 4 is 35.1 Å². The van der Waals surface area contributed by atoms with E-state index < -0.39 is 42.0 Å². The minimum atomic E-state index is -4.86. The van der Waals surface area contributed by atoms with Gasteiger partial charge in [-0.1, -0.05) is 29.8 Å². The smallest absolute Gasteiger partial charge is 0.406 e. The third kappa shape index (κ3) is 4.80. The highest BCUT2D eigenvalue weighted by molar-refractivity contribution is 6.34. The van der Waals surface area contributed by atoms with E-state index in [1.807, 2.05) is 13.0 Å². The number of hydrogen-bond donors (Lipinski definition) is 2. The molecule has 2 aromatic carbocycles. The van der Waals surface area contributed by atoms with Crippen LogP contribution in [0.15, 0.2) is 36.4 Å². The Labute approximate surface area is 186 Å². The number of rotatable bonds is 5. The average Bonchev–Trinajstić information content (AvgIpc) is 2.88. The molecule has 1 heterocycles. The van der Waals surface area contributed by atoms with Gasteiger partial charge in [-0.2, -0.15) is 0 Å². The molecule has 1 aliphatic heterocycles. The van der Waals surface area contributed by atoms with E-state index in [0.29, 0.717) is 16.3 Å². The van der Waals surface area contributed by atoms with Crippen LogP contribution in [0.4, 0.5) is 23.7 Å². The van der Waals surface area contributed by atoms with Crippen LogP contribution in [0.2, 0.25) is 5.02 Å². The highest BCUT2D eigenvalue weighted by Gasteiger charge is 2.49. The van der Waals surface area contributed by atoms with E-state index in [1.54, 1.807) is 13.0 Å². The molecular weight excluding hydrogens is 451 g/mol. The van der Waals surface area contributed by atoms with Crippen LogP contribution in [0.3, 0.4) is 0 Å². The van der Waals surface area contributed by atoms with Gasteiger partial charge in [0.1, 0.15) is 17.8 Å². The topological polar surface area (TPSA) is 87.7 Å². The van der Waals surface area contributed by atoms with Crippen LogP contribution in [-0.2, 0) is 15.1 Å². The molecule has 0 aliphatic carbocycles. The van der Waals surface area contributed by atoms with Crippen molar-refractivity contribution in [3.63, 3.8) is 0 Å². The number of imide groups is 1. The van der Waals surface area contributed by atoms with Gasteiger partial charge in [0.15, 0.2) is 0 Å². The van der Waals surface area contributed by atoms with Gasteiger partial charge in [0.05, 0.1) is 10.7 Å². The Morgan fingerprint density at radius 1 is 1.19 bits per heavy atom. The number of carbonyl (C=O) groups is 3. The molecular formula is C21H19ClF3N3O4. The molecule has 0 aromatic heterocycles. The number of anilines is 1. The zero-order chi connectivity index (χ0) is 23.8. The summed E-state index contributed by atoms with van der Waals surface area (Å²) in [6, 6.07) is 7.21. The number of alkyl halides is 3. The summed E-state index contributed by atoms with van der Waals surface area (Å²) in [5.41, 5.74) is 0.655. The minimum absolute atomic E-state index is 0.228. The second-order valence-corrected chi connectivity index (χ2v) is 7.91. The van der Waals surface area contributed by atoms with Crippen LogP contribution < -0.4 is 15.4 Å². The van der Waals surface area contributed by atoms with Crippen molar-refractivity contribution in [2.45, 2.75) is 32.7 Å². The van der Waals surface area contributed by atoms with Gasteiger partial charge in [0, 0.05) is 0 Å². The summed E-state index contributed by atoms with van der Waals surface area (Å²) in [6.45, 7) is 4.43. The zero-order valence-corrected chi connectivity index (χ0v) is 18.0. The van der Waals surface area contributed by atoms with Gasteiger partial charge >= 0.3 is 12.4 Å². The number of nitrogens with zero attached hydrogens (tertiary/aromatic N) is 1. The maximum Gasteiger partial charge on any atom is 0.573 e. The fraction of sp³-hybridized carbons (Fsp3) is 0.286. The highest BCUT2D eigenvalue weighted by atomic mass is 35.5. The number of benzene rings is 2. The first-order valence-corrected chi connectivity index (χ1v) is 9.75. The third-order valence-electron chi connectivity index (χ3n) is 4.94. The van der Waals surface area contributed by atoms with Gasteiger partial charge in [-0.3, -0.25) is 14.5 Å². The molecule has 1 fully saturated rings. The Morgan fingerprint density at radius 2 is 1.81 bits per heavy atom. The summed E-state index contributed by atoms with van der Waals surface area (Å²) in [7, 11) is 0. The number of aryl methyl sites for hydroxylation is 2. The largest absolute Gasteiger partial charge is 0.573 e. The van der Waals surface area contributed by atoms with Crippen LogP contribution >= 0.6 is 11.6 Å². The second kappa shape index (κ2) is 8.34. The van der Waals surface area contributed by atoms with Crippen molar-refractivity contribution in [1.82, 2.24) is 10.2 Å². The maximum atomic E-state index is 12.9. The van der Waals surface area contributed by atoms with E-state index in [-0.39, 0.29) is 5.56 Å². The number of nitrogens with one attached hydrogen (secondary N) is 2. The molecule has 1 atom stereocenters. The van der Waals surface area contributed by atoms with E-state index in [4.69, 9.17) is 11.6 Å². The summed E-state index contributed by atoms with van der Waals surface area (Å²) < 4.78 is 40.8. The van der Waals surface area contributed by atoms with E-state index in [2.05, 4.69) is 15.4 Å². The summed E-state index contributed by atoms with van der Waals surface area (Å²) in [5.74, 6) is -1.84. The SMILES string of the molecule is Cc1cc(C)c(NC(=O)CN2C(=O)NC(C)(c3ccc(OC(F)(F)F)cc3)C2=O)c(Cl)c1. The third-order valence-corrected chi connectivity index (χ3v) is 5.24. The van der Waals surface area contributed by atoms with Gasteiger partial charge in [0.25, 0.3) is 5.91 Å². The molecule has 0 radical (unpaired) electrons. The minimum Gasteiger partial charge on any atom is -0.406 e. The summed E-state index contributed by atoms with van der Waals surface area (Å²) in [6.07, 6.45) is -4.86. The maximum absolute atomic E-state index is 12.9. The molecule has 1 saturated heterocycles. The van der Waals surface area contributed by atoms with E-state index in [9.17, 15) is 27.6 Å². The number of amides is 4. The Hall–Kier alpha value is -3.27.